The van der Waals surface area contributed by atoms with E-state index in [0.717, 1.165) is 49.3 Å². The van der Waals surface area contributed by atoms with Crippen LogP contribution in [0.1, 0.15) is 5.56 Å². The topological polar surface area (TPSA) is 48.7 Å². The van der Waals surface area contributed by atoms with Gasteiger partial charge < -0.3 is 15.1 Å². The molecule has 0 amide bonds. The maximum absolute atomic E-state index is 6.09. The average molecular weight is 475 g/mol. The average Bonchev–Trinajstić information content (AvgIpc) is 3.01. The minimum atomic E-state index is 0. The number of aliphatic imine (C=N–C) groups is 1. The standard InChI is InChI=1S/C17H23ClN6.HI/c1-19-17(20-11-14-12-21-22(2)13-14)24-8-6-23(7-9-24)16-5-3-4-15(18)10-16;/h3-5,10,12-13H,6-9,11H2,1-2H3,(H,19,20);1H. The maximum atomic E-state index is 6.09. The lowest BCUT2D eigenvalue weighted by Crippen LogP contribution is -2.52. The van der Waals surface area contributed by atoms with Crippen LogP contribution in [0.2, 0.25) is 5.02 Å². The van der Waals surface area contributed by atoms with Crippen LogP contribution in [0.5, 0.6) is 0 Å². The third kappa shape index (κ3) is 5.24. The zero-order chi connectivity index (χ0) is 16.9. The highest BCUT2D eigenvalue weighted by Crippen LogP contribution is 2.20. The molecule has 0 radical (unpaired) electrons. The molecule has 8 heteroatoms. The third-order valence-electron chi connectivity index (χ3n) is 4.17. The molecule has 1 aromatic heterocycles. The Morgan fingerprint density at radius 2 is 2.04 bits per heavy atom. The predicted molar refractivity (Wildman–Crippen MR) is 114 cm³/mol. The van der Waals surface area contributed by atoms with Crippen LogP contribution in [0.15, 0.2) is 41.7 Å². The van der Waals surface area contributed by atoms with Crippen molar-refractivity contribution in [2.24, 2.45) is 12.0 Å². The zero-order valence-corrected chi connectivity index (χ0v) is 17.6. The summed E-state index contributed by atoms with van der Waals surface area (Å²) in [6, 6.07) is 8.04. The van der Waals surface area contributed by atoms with Crippen molar-refractivity contribution in [1.29, 1.82) is 0 Å². The Kier molecular flexibility index (Phi) is 7.37. The lowest BCUT2D eigenvalue weighted by molar-refractivity contribution is 0.372. The van der Waals surface area contributed by atoms with E-state index < -0.39 is 0 Å². The van der Waals surface area contributed by atoms with Crippen molar-refractivity contribution < 1.29 is 0 Å². The van der Waals surface area contributed by atoms with E-state index in [-0.39, 0.29) is 24.0 Å². The molecule has 2 heterocycles. The number of piperazine rings is 1. The van der Waals surface area contributed by atoms with Gasteiger partial charge in [-0.15, -0.1) is 24.0 Å². The Balaban J connectivity index is 0.00000225. The minimum absolute atomic E-state index is 0. The van der Waals surface area contributed by atoms with Crippen molar-refractivity contribution in [3.05, 3.63) is 47.2 Å². The van der Waals surface area contributed by atoms with Gasteiger partial charge in [0.2, 0.25) is 0 Å². The maximum Gasteiger partial charge on any atom is 0.194 e. The molecule has 1 aromatic carbocycles. The molecule has 0 bridgehead atoms. The van der Waals surface area contributed by atoms with Crippen LogP contribution in [-0.4, -0.2) is 53.9 Å². The SMILES string of the molecule is CN=C(NCc1cnn(C)c1)N1CCN(c2cccc(Cl)c2)CC1.I. The van der Waals surface area contributed by atoms with Crippen LogP contribution < -0.4 is 10.2 Å². The molecule has 3 rings (SSSR count). The molecule has 1 aliphatic rings. The highest BCUT2D eigenvalue weighted by molar-refractivity contribution is 14.0. The molecule has 2 aromatic rings. The summed E-state index contributed by atoms with van der Waals surface area (Å²) in [4.78, 5) is 9.06. The van der Waals surface area contributed by atoms with Gasteiger partial charge in [0.05, 0.1) is 6.20 Å². The van der Waals surface area contributed by atoms with Crippen LogP contribution in [0.25, 0.3) is 0 Å². The van der Waals surface area contributed by atoms with Gasteiger partial charge in [-0.1, -0.05) is 17.7 Å². The quantitative estimate of drug-likeness (QED) is 0.422. The molecule has 25 heavy (non-hydrogen) atoms. The summed E-state index contributed by atoms with van der Waals surface area (Å²) >= 11 is 6.09. The van der Waals surface area contributed by atoms with Crippen LogP contribution >= 0.6 is 35.6 Å². The van der Waals surface area contributed by atoms with Gasteiger partial charge in [0.15, 0.2) is 5.96 Å². The molecule has 0 unspecified atom stereocenters. The van der Waals surface area contributed by atoms with E-state index in [2.05, 4.69) is 31.3 Å². The minimum Gasteiger partial charge on any atom is -0.368 e. The van der Waals surface area contributed by atoms with Crippen molar-refractivity contribution in [3.8, 4) is 0 Å². The highest BCUT2D eigenvalue weighted by Gasteiger charge is 2.19. The number of benzene rings is 1. The first-order valence-electron chi connectivity index (χ1n) is 8.09. The van der Waals surface area contributed by atoms with E-state index in [1.165, 1.54) is 5.69 Å². The van der Waals surface area contributed by atoms with Gasteiger partial charge in [0.25, 0.3) is 0 Å². The van der Waals surface area contributed by atoms with Gasteiger partial charge in [-0.05, 0) is 18.2 Å². The molecule has 0 atom stereocenters. The van der Waals surface area contributed by atoms with Crippen LogP contribution in [0, 0.1) is 0 Å². The fourth-order valence-electron chi connectivity index (χ4n) is 2.93. The molecular weight excluding hydrogens is 451 g/mol. The number of hydrogen-bond donors (Lipinski definition) is 1. The number of aromatic nitrogens is 2. The highest BCUT2D eigenvalue weighted by atomic mass is 127. The van der Waals surface area contributed by atoms with E-state index in [1.54, 1.807) is 0 Å². The molecule has 136 valence electrons. The summed E-state index contributed by atoms with van der Waals surface area (Å²) in [5.74, 6) is 0.935. The zero-order valence-electron chi connectivity index (χ0n) is 14.5. The molecule has 1 fully saturated rings. The Morgan fingerprint density at radius 1 is 1.28 bits per heavy atom. The van der Waals surface area contributed by atoms with Crippen molar-refractivity contribution in [1.82, 2.24) is 20.0 Å². The number of nitrogens with zero attached hydrogens (tertiary/aromatic N) is 5. The second kappa shape index (κ2) is 9.28. The first-order valence-corrected chi connectivity index (χ1v) is 8.47. The Labute approximate surface area is 170 Å². The van der Waals surface area contributed by atoms with E-state index in [1.807, 2.05) is 49.4 Å². The smallest absolute Gasteiger partial charge is 0.194 e. The van der Waals surface area contributed by atoms with E-state index >= 15 is 0 Å². The van der Waals surface area contributed by atoms with Crippen molar-refractivity contribution in [3.63, 3.8) is 0 Å². The summed E-state index contributed by atoms with van der Waals surface area (Å²) in [5.41, 5.74) is 2.33. The van der Waals surface area contributed by atoms with Crippen molar-refractivity contribution in [2.45, 2.75) is 6.54 Å². The van der Waals surface area contributed by atoms with Crippen molar-refractivity contribution in [2.75, 3.05) is 38.1 Å². The Morgan fingerprint density at radius 3 is 2.64 bits per heavy atom. The van der Waals surface area contributed by atoms with Crippen LogP contribution in [0.4, 0.5) is 5.69 Å². The van der Waals surface area contributed by atoms with E-state index in [9.17, 15) is 0 Å². The summed E-state index contributed by atoms with van der Waals surface area (Å²) in [7, 11) is 3.75. The van der Waals surface area contributed by atoms with Crippen molar-refractivity contribution >= 4 is 47.2 Å². The molecule has 1 N–H and O–H groups in total. The second-order valence-electron chi connectivity index (χ2n) is 5.88. The summed E-state index contributed by atoms with van der Waals surface area (Å²) in [6.07, 6.45) is 3.88. The largest absolute Gasteiger partial charge is 0.368 e. The molecule has 1 saturated heterocycles. The number of guanidine groups is 1. The number of anilines is 1. The van der Waals surface area contributed by atoms with Gasteiger partial charge in [-0.25, -0.2) is 0 Å². The van der Waals surface area contributed by atoms with Gasteiger partial charge in [0, 0.05) is 69.3 Å². The third-order valence-corrected chi connectivity index (χ3v) is 4.41. The number of rotatable bonds is 3. The molecule has 0 aliphatic carbocycles. The number of aryl methyl sites for hydroxylation is 1. The molecular formula is C17H24ClIN6. The predicted octanol–water partition coefficient (Wildman–Crippen LogP) is 2.59. The Bertz CT molecular complexity index is 709. The molecule has 0 spiro atoms. The fourth-order valence-corrected chi connectivity index (χ4v) is 3.11. The summed E-state index contributed by atoms with van der Waals surface area (Å²) in [5, 5.41) is 8.39. The summed E-state index contributed by atoms with van der Waals surface area (Å²) < 4.78 is 1.81. The lowest BCUT2D eigenvalue weighted by atomic mass is 10.2. The monoisotopic (exact) mass is 474 g/mol. The van der Waals surface area contributed by atoms with Gasteiger partial charge in [0.1, 0.15) is 0 Å². The van der Waals surface area contributed by atoms with Gasteiger partial charge >= 0.3 is 0 Å². The van der Waals surface area contributed by atoms with Crippen LogP contribution in [0.3, 0.4) is 0 Å². The molecule has 1 aliphatic heterocycles. The van der Waals surface area contributed by atoms with E-state index in [4.69, 9.17) is 11.6 Å². The number of halogens is 2. The Hall–Kier alpha value is -1.48. The van der Waals surface area contributed by atoms with Gasteiger partial charge in [-0.2, -0.15) is 5.10 Å². The molecule has 6 nitrogen and oxygen atoms in total. The lowest BCUT2D eigenvalue weighted by Gasteiger charge is -2.37. The fraction of sp³-hybridized carbons (Fsp3) is 0.412. The first kappa shape index (κ1) is 19.8. The van der Waals surface area contributed by atoms with Crippen LogP contribution in [-0.2, 0) is 13.6 Å². The normalized spacial score (nSPS) is 15.1. The van der Waals surface area contributed by atoms with E-state index in [0.29, 0.717) is 0 Å². The first-order chi connectivity index (χ1) is 11.7. The summed E-state index contributed by atoms with van der Waals surface area (Å²) in [6.45, 7) is 4.50. The number of nitrogens with one attached hydrogen (secondary N) is 1. The number of hydrogen-bond acceptors (Lipinski definition) is 3. The second-order valence-corrected chi connectivity index (χ2v) is 6.31. The van der Waals surface area contributed by atoms with Gasteiger partial charge in [-0.3, -0.25) is 9.67 Å². The molecule has 0 saturated carbocycles.